The molecule has 0 bridgehead atoms. The molecule has 3 amide bonds. The number of carbonyl (C=O) groups is 4. The zero-order valence-corrected chi connectivity index (χ0v) is 19.8. The van der Waals surface area contributed by atoms with Gasteiger partial charge >= 0.3 is 5.97 Å². The highest BCUT2D eigenvalue weighted by Gasteiger charge is 2.39. The van der Waals surface area contributed by atoms with Crippen molar-refractivity contribution in [3.63, 3.8) is 0 Å². The van der Waals surface area contributed by atoms with Crippen LogP contribution < -0.4 is 22.1 Å². The maximum Gasteiger partial charge on any atom is 0.326 e. The van der Waals surface area contributed by atoms with Crippen molar-refractivity contribution in [2.24, 2.45) is 23.3 Å². The molecule has 10 nitrogen and oxygen atoms in total. The first kappa shape index (κ1) is 27.8. The van der Waals surface area contributed by atoms with Crippen LogP contribution in [0.3, 0.4) is 0 Å². The van der Waals surface area contributed by atoms with Gasteiger partial charge in [0.1, 0.15) is 18.1 Å². The molecule has 1 rings (SSSR count). The lowest BCUT2D eigenvalue weighted by Gasteiger charge is -2.31. The molecule has 1 heterocycles. The van der Waals surface area contributed by atoms with Gasteiger partial charge in [0.2, 0.25) is 17.7 Å². The van der Waals surface area contributed by atoms with E-state index in [1.165, 1.54) is 4.90 Å². The highest BCUT2D eigenvalue weighted by Crippen LogP contribution is 2.21. The van der Waals surface area contributed by atoms with E-state index >= 15 is 0 Å². The summed E-state index contributed by atoms with van der Waals surface area (Å²) in [7, 11) is 0. The fraction of sp³-hybridized carbons (Fsp3) is 0.818. The van der Waals surface area contributed by atoms with E-state index in [2.05, 4.69) is 10.6 Å². The Labute approximate surface area is 190 Å². The molecule has 184 valence electrons. The number of likely N-dealkylation sites (tertiary alicyclic amines) is 1. The Balaban J connectivity index is 2.97. The molecule has 0 radical (unpaired) electrons. The third kappa shape index (κ3) is 7.74. The van der Waals surface area contributed by atoms with E-state index in [0.717, 1.165) is 0 Å². The predicted molar refractivity (Wildman–Crippen MR) is 121 cm³/mol. The minimum absolute atomic E-state index is 0.0892. The number of aliphatic carboxylic acids is 1. The van der Waals surface area contributed by atoms with Gasteiger partial charge in [-0.05, 0) is 50.5 Å². The van der Waals surface area contributed by atoms with Crippen LogP contribution in [-0.4, -0.2) is 71.0 Å². The SMILES string of the molecule is CCC(C)C(NC(=O)C1CCCN1C(=O)C(CCCCN)NC(=O)C(N)C(C)C)C(=O)O. The highest BCUT2D eigenvalue weighted by molar-refractivity contribution is 5.94. The second-order valence-electron chi connectivity index (χ2n) is 9.02. The topological polar surface area (TPSA) is 168 Å². The first-order valence-electron chi connectivity index (χ1n) is 11.6. The highest BCUT2D eigenvalue weighted by atomic mass is 16.4. The Morgan fingerprint density at radius 3 is 2.31 bits per heavy atom. The maximum atomic E-state index is 13.3. The molecule has 7 N–H and O–H groups in total. The summed E-state index contributed by atoms with van der Waals surface area (Å²) in [6.45, 7) is 8.12. The molecular formula is C22H41N5O5. The van der Waals surface area contributed by atoms with E-state index in [0.29, 0.717) is 51.6 Å². The first-order valence-corrected chi connectivity index (χ1v) is 11.6. The predicted octanol–water partition coefficient (Wildman–Crippen LogP) is 0.190. The van der Waals surface area contributed by atoms with Crippen LogP contribution in [0.15, 0.2) is 0 Å². The van der Waals surface area contributed by atoms with Gasteiger partial charge in [0, 0.05) is 6.54 Å². The Bertz CT molecular complexity index is 657. The fourth-order valence-electron chi connectivity index (χ4n) is 3.76. The van der Waals surface area contributed by atoms with Gasteiger partial charge in [0.25, 0.3) is 0 Å². The Morgan fingerprint density at radius 2 is 1.78 bits per heavy atom. The average molecular weight is 456 g/mol. The molecule has 0 aromatic carbocycles. The van der Waals surface area contributed by atoms with Crippen molar-refractivity contribution in [2.75, 3.05) is 13.1 Å². The van der Waals surface area contributed by atoms with Crippen molar-refractivity contribution in [1.82, 2.24) is 15.5 Å². The van der Waals surface area contributed by atoms with Crippen LogP contribution >= 0.6 is 0 Å². The van der Waals surface area contributed by atoms with Crippen LogP contribution in [0.2, 0.25) is 0 Å². The van der Waals surface area contributed by atoms with Gasteiger partial charge in [-0.25, -0.2) is 4.79 Å². The molecule has 5 atom stereocenters. The summed E-state index contributed by atoms with van der Waals surface area (Å²) in [4.78, 5) is 51.8. The molecule has 0 saturated carbocycles. The van der Waals surface area contributed by atoms with Crippen molar-refractivity contribution in [1.29, 1.82) is 0 Å². The van der Waals surface area contributed by atoms with Crippen molar-refractivity contribution in [2.45, 2.75) is 90.4 Å². The minimum Gasteiger partial charge on any atom is -0.480 e. The first-order chi connectivity index (χ1) is 15.0. The van der Waals surface area contributed by atoms with Crippen LogP contribution in [0.4, 0.5) is 0 Å². The number of nitrogens with two attached hydrogens (primary N) is 2. The monoisotopic (exact) mass is 455 g/mol. The van der Waals surface area contributed by atoms with Gasteiger partial charge in [0.15, 0.2) is 0 Å². The van der Waals surface area contributed by atoms with Crippen LogP contribution in [0.25, 0.3) is 0 Å². The van der Waals surface area contributed by atoms with E-state index in [9.17, 15) is 24.3 Å². The molecule has 0 spiro atoms. The largest absolute Gasteiger partial charge is 0.480 e. The molecule has 1 aliphatic rings. The summed E-state index contributed by atoms with van der Waals surface area (Å²) in [5, 5.41) is 14.8. The van der Waals surface area contributed by atoms with Gasteiger partial charge in [-0.15, -0.1) is 0 Å². The molecule has 1 saturated heterocycles. The standard InChI is InChI=1S/C22H41N5O5/c1-5-14(4)18(22(31)32)26-19(28)16-10-8-12-27(16)21(30)15(9-6-7-11-23)25-20(29)17(24)13(2)3/h13-18H,5-12,23-24H2,1-4H3,(H,25,29)(H,26,28)(H,31,32). The summed E-state index contributed by atoms with van der Waals surface area (Å²) in [5.74, 6) is -2.67. The number of carboxylic acid groups (broad SMARTS) is 1. The minimum atomic E-state index is -1.10. The molecule has 1 aliphatic heterocycles. The molecule has 32 heavy (non-hydrogen) atoms. The quantitative estimate of drug-likeness (QED) is 0.247. The van der Waals surface area contributed by atoms with E-state index in [4.69, 9.17) is 11.5 Å². The fourth-order valence-corrected chi connectivity index (χ4v) is 3.76. The number of amides is 3. The number of nitrogens with zero attached hydrogens (tertiary/aromatic N) is 1. The van der Waals surface area contributed by atoms with E-state index in [1.54, 1.807) is 6.92 Å². The van der Waals surface area contributed by atoms with Crippen LogP contribution in [-0.2, 0) is 19.2 Å². The van der Waals surface area contributed by atoms with Gasteiger partial charge in [-0.1, -0.05) is 34.1 Å². The van der Waals surface area contributed by atoms with Gasteiger partial charge in [0.05, 0.1) is 6.04 Å². The third-order valence-electron chi connectivity index (χ3n) is 6.20. The maximum absolute atomic E-state index is 13.3. The summed E-state index contributed by atoms with van der Waals surface area (Å²) in [6, 6.07) is -3.34. The van der Waals surface area contributed by atoms with E-state index in [-0.39, 0.29) is 17.7 Å². The molecule has 10 heteroatoms. The molecule has 5 unspecified atom stereocenters. The number of nitrogens with one attached hydrogen (secondary N) is 2. The third-order valence-corrected chi connectivity index (χ3v) is 6.20. The summed E-state index contributed by atoms with van der Waals surface area (Å²) >= 11 is 0. The molecule has 0 aliphatic carbocycles. The summed E-state index contributed by atoms with van der Waals surface area (Å²) in [6.07, 6.45) is 3.40. The summed E-state index contributed by atoms with van der Waals surface area (Å²) in [5.41, 5.74) is 11.5. The summed E-state index contributed by atoms with van der Waals surface area (Å²) < 4.78 is 0. The Kier molecular flexibility index (Phi) is 11.6. The van der Waals surface area contributed by atoms with E-state index < -0.39 is 42.0 Å². The lowest BCUT2D eigenvalue weighted by Crippen LogP contribution is -2.57. The second-order valence-corrected chi connectivity index (χ2v) is 9.02. The number of hydrogen-bond acceptors (Lipinski definition) is 6. The lowest BCUT2D eigenvalue weighted by molar-refractivity contribution is -0.146. The number of hydrogen-bond donors (Lipinski definition) is 5. The van der Waals surface area contributed by atoms with Gasteiger partial charge < -0.3 is 32.1 Å². The molecule has 0 aromatic rings. The van der Waals surface area contributed by atoms with Crippen LogP contribution in [0.1, 0.15) is 66.2 Å². The van der Waals surface area contributed by atoms with Crippen molar-refractivity contribution >= 4 is 23.7 Å². The van der Waals surface area contributed by atoms with Crippen LogP contribution in [0, 0.1) is 11.8 Å². The molecule has 1 fully saturated rings. The molecule has 0 aromatic heterocycles. The Morgan fingerprint density at radius 1 is 1.12 bits per heavy atom. The Hall–Kier alpha value is -2.20. The normalized spacial score (nSPS) is 19.8. The molecular weight excluding hydrogens is 414 g/mol. The van der Waals surface area contributed by atoms with Gasteiger partial charge in [-0.2, -0.15) is 0 Å². The van der Waals surface area contributed by atoms with Gasteiger partial charge in [-0.3, -0.25) is 14.4 Å². The average Bonchev–Trinajstić information content (AvgIpc) is 3.24. The van der Waals surface area contributed by atoms with Crippen molar-refractivity contribution < 1.29 is 24.3 Å². The number of rotatable bonds is 13. The number of unbranched alkanes of at least 4 members (excludes halogenated alkanes) is 1. The number of carboxylic acids is 1. The second kappa shape index (κ2) is 13.4. The lowest BCUT2D eigenvalue weighted by atomic mass is 9.98. The number of carbonyl (C=O) groups excluding carboxylic acids is 3. The van der Waals surface area contributed by atoms with Crippen molar-refractivity contribution in [3.8, 4) is 0 Å². The van der Waals surface area contributed by atoms with Crippen molar-refractivity contribution in [3.05, 3.63) is 0 Å². The zero-order chi connectivity index (χ0) is 24.4. The van der Waals surface area contributed by atoms with Crippen LogP contribution in [0.5, 0.6) is 0 Å². The zero-order valence-electron chi connectivity index (χ0n) is 19.8. The van der Waals surface area contributed by atoms with E-state index in [1.807, 2.05) is 20.8 Å². The smallest absolute Gasteiger partial charge is 0.326 e.